The highest BCUT2D eigenvalue weighted by atomic mass is 16.2. The number of amides is 3. The highest BCUT2D eigenvalue weighted by Crippen LogP contribution is 2.55. The molecule has 5 nitrogen and oxygen atoms in total. The van der Waals surface area contributed by atoms with Crippen molar-refractivity contribution < 1.29 is 14.4 Å². The van der Waals surface area contributed by atoms with Gasteiger partial charge in [0.25, 0.3) is 0 Å². The molecule has 114 valence electrons. The highest BCUT2D eigenvalue weighted by Gasteiger charge is 2.66. The molecule has 5 heteroatoms. The van der Waals surface area contributed by atoms with E-state index in [1.165, 1.54) is 0 Å². The second kappa shape index (κ2) is 4.66. The monoisotopic (exact) mass is 298 g/mol. The van der Waals surface area contributed by atoms with Crippen LogP contribution < -0.4 is 5.32 Å². The minimum absolute atomic E-state index is 0.0308. The molecule has 3 aliphatic rings. The van der Waals surface area contributed by atoms with Crippen LogP contribution in [0.15, 0.2) is 30.3 Å². The van der Waals surface area contributed by atoms with Gasteiger partial charge in [0.05, 0.1) is 11.3 Å². The summed E-state index contributed by atoms with van der Waals surface area (Å²) in [4.78, 5) is 38.9. The second-order valence-electron chi connectivity index (χ2n) is 6.53. The zero-order chi connectivity index (χ0) is 15.3. The zero-order valence-electron chi connectivity index (χ0n) is 12.2. The summed E-state index contributed by atoms with van der Waals surface area (Å²) < 4.78 is 0. The predicted octanol–water partition coefficient (Wildman–Crippen LogP) is 1.23. The lowest BCUT2D eigenvalue weighted by atomic mass is 9.70. The Labute approximate surface area is 128 Å². The first kappa shape index (κ1) is 13.5. The molecule has 2 saturated heterocycles. The number of nitrogens with one attached hydrogen (secondary N) is 1. The number of carbonyl (C=O) groups is 3. The van der Waals surface area contributed by atoms with Crippen molar-refractivity contribution in [3.05, 3.63) is 35.9 Å². The Morgan fingerprint density at radius 1 is 1.18 bits per heavy atom. The van der Waals surface area contributed by atoms with Gasteiger partial charge in [-0.3, -0.25) is 19.7 Å². The third-order valence-electron chi connectivity index (χ3n) is 5.50. The number of imide groups is 1. The van der Waals surface area contributed by atoms with Gasteiger partial charge in [0.2, 0.25) is 17.7 Å². The molecular weight excluding hydrogens is 280 g/mol. The number of piperidine rings is 1. The van der Waals surface area contributed by atoms with E-state index in [0.29, 0.717) is 13.0 Å². The summed E-state index contributed by atoms with van der Waals surface area (Å²) in [5.74, 6) is -1.05. The van der Waals surface area contributed by atoms with Crippen LogP contribution in [-0.4, -0.2) is 28.7 Å². The van der Waals surface area contributed by atoms with Gasteiger partial charge in [0.15, 0.2) is 0 Å². The lowest BCUT2D eigenvalue weighted by molar-refractivity contribution is -0.148. The molecule has 1 aliphatic carbocycles. The maximum absolute atomic E-state index is 12.8. The largest absolute Gasteiger partial charge is 0.334 e. The Kier molecular flexibility index (Phi) is 2.86. The van der Waals surface area contributed by atoms with Crippen molar-refractivity contribution in [2.75, 3.05) is 0 Å². The van der Waals surface area contributed by atoms with Crippen molar-refractivity contribution in [3.8, 4) is 0 Å². The first-order valence-corrected chi connectivity index (χ1v) is 7.81. The third-order valence-corrected chi connectivity index (χ3v) is 5.50. The van der Waals surface area contributed by atoms with E-state index in [-0.39, 0.29) is 30.2 Å². The van der Waals surface area contributed by atoms with Crippen LogP contribution in [0.3, 0.4) is 0 Å². The average molecular weight is 298 g/mol. The Hall–Kier alpha value is -2.17. The smallest absolute Gasteiger partial charge is 0.235 e. The fourth-order valence-electron chi connectivity index (χ4n) is 4.57. The van der Waals surface area contributed by atoms with Crippen molar-refractivity contribution in [1.29, 1.82) is 0 Å². The van der Waals surface area contributed by atoms with Crippen molar-refractivity contribution in [3.63, 3.8) is 0 Å². The van der Waals surface area contributed by atoms with Gasteiger partial charge >= 0.3 is 0 Å². The van der Waals surface area contributed by atoms with Gasteiger partial charge in [-0.05, 0) is 18.4 Å². The first-order chi connectivity index (χ1) is 10.6. The van der Waals surface area contributed by atoms with E-state index in [0.717, 1.165) is 18.4 Å². The van der Waals surface area contributed by atoms with Crippen LogP contribution >= 0.6 is 0 Å². The topological polar surface area (TPSA) is 66.5 Å². The molecule has 22 heavy (non-hydrogen) atoms. The van der Waals surface area contributed by atoms with Crippen molar-refractivity contribution in [2.24, 2.45) is 11.3 Å². The number of hydrogen-bond donors (Lipinski definition) is 1. The zero-order valence-corrected chi connectivity index (χ0v) is 12.2. The SMILES string of the molecule is O=C1CC2C(=O)N(Cc3ccccc3)C3CCCC23C(=O)N1. The Morgan fingerprint density at radius 3 is 2.73 bits per heavy atom. The summed E-state index contributed by atoms with van der Waals surface area (Å²) in [5.41, 5.74) is 0.378. The van der Waals surface area contributed by atoms with E-state index in [1.807, 2.05) is 35.2 Å². The summed E-state index contributed by atoms with van der Waals surface area (Å²) >= 11 is 0. The fourth-order valence-corrected chi connectivity index (χ4v) is 4.57. The molecular formula is C17H18N2O3. The van der Waals surface area contributed by atoms with Crippen LogP contribution in [0.2, 0.25) is 0 Å². The van der Waals surface area contributed by atoms with E-state index >= 15 is 0 Å². The normalized spacial score (nSPS) is 33.6. The van der Waals surface area contributed by atoms with E-state index in [2.05, 4.69) is 5.32 Å². The number of rotatable bonds is 2. The first-order valence-electron chi connectivity index (χ1n) is 7.81. The Morgan fingerprint density at radius 2 is 1.95 bits per heavy atom. The molecule has 2 heterocycles. The maximum Gasteiger partial charge on any atom is 0.235 e. The van der Waals surface area contributed by atoms with Gasteiger partial charge in [-0.2, -0.15) is 0 Å². The van der Waals surface area contributed by atoms with Crippen LogP contribution in [0.4, 0.5) is 0 Å². The molecule has 0 aromatic heterocycles. The molecule has 1 aromatic rings. The molecule has 3 fully saturated rings. The molecule has 1 spiro atoms. The van der Waals surface area contributed by atoms with Gasteiger partial charge in [-0.1, -0.05) is 36.8 Å². The third kappa shape index (κ3) is 1.68. The molecule has 1 saturated carbocycles. The molecule has 1 N–H and O–H groups in total. The summed E-state index contributed by atoms with van der Waals surface area (Å²) in [5, 5.41) is 2.46. The van der Waals surface area contributed by atoms with E-state index in [9.17, 15) is 14.4 Å². The van der Waals surface area contributed by atoms with Gasteiger partial charge < -0.3 is 4.90 Å². The number of likely N-dealkylation sites (tertiary alicyclic amines) is 1. The Balaban J connectivity index is 1.71. The Bertz CT molecular complexity index is 657. The summed E-state index contributed by atoms with van der Waals surface area (Å²) in [6.45, 7) is 0.518. The minimum Gasteiger partial charge on any atom is -0.334 e. The summed E-state index contributed by atoms with van der Waals surface area (Å²) in [7, 11) is 0. The predicted molar refractivity (Wildman–Crippen MR) is 78.3 cm³/mol. The molecule has 3 amide bonds. The van der Waals surface area contributed by atoms with Crippen molar-refractivity contribution >= 4 is 17.7 Å². The van der Waals surface area contributed by atoms with Crippen LogP contribution in [0.5, 0.6) is 0 Å². The molecule has 0 radical (unpaired) electrons. The van der Waals surface area contributed by atoms with Crippen molar-refractivity contribution in [1.82, 2.24) is 10.2 Å². The van der Waals surface area contributed by atoms with Crippen molar-refractivity contribution in [2.45, 2.75) is 38.3 Å². The summed E-state index contributed by atoms with van der Waals surface area (Å²) in [6, 6.07) is 9.74. The van der Waals surface area contributed by atoms with Crippen LogP contribution in [0.25, 0.3) is 0 Å². The highest BCUT2D eigenvalue weighted by molar-refractivity contribution is 6.07. The molecule has 4 rings (SSSR count). The molecule has 3 unspecified atom stereocenters. The summed E-state index contributed by atoms with van der Waals surface area (Å²) in [6.07, 6.45) is 2.63. The van der Waals surface area contributed by atoms with Gasteiger partial charge in [-0.15, -0.1) is 0 Å². The quantitative estimate of drug-likeness (QED) is 0.835. The van der Waals surface area contributed by atoms with Gasteiger partial charge in [0, 0.05) is 19.0 Å². The van der Waals surface area contributed by atoms with E-state index < -0.39 is 11.3 Å². The van der Waals surface area contributed by atoms with Crippen LogP contribution in [0.1, 0.15) is 31.2 Å². The minimum atomic E-state index is -0.681. The molecule has 0 bridgehead atoms. The second-order valence-corrected chi connectivity index (χ2v) is 6.53. The van der Waals surface area contributed by atoms with Gasteiger partial charge in [-0.25, -0.2) is 0 Å². The average Bonchev–Trinajstić information content (AvgIpc) is 3.02. The standard InChI is InChI=1S/C17H18N2O3/c20-14-9-12-15(21)19(10-11-5-2-1-3-6-11)13-7-4-8-17(12,13)16(22)18-14/h1-3,5-6,12-13H,4,7-10H2,(H,18,20,22). The van der Waals surface area contributed by atoms with Crippen LogP contribution in [-0.2, 0) is 20.9 Å². The fraction of sp³-hybridized carbons (Fsp3) is 0.471. The molecule has 1 aromatic carbocycles. The number of benzene rings is 1. The van der Waals surface area contributed by atoms with Crippen LogP contribution in [0, 0.1) is 11.3 Å². The van der Waals surface area contributed by atoms with Gasteiger partial charge in [0.1, 0.15) is 0 Å². The lowest BCUT2D eigenvalue weighted by Gasteiger charge is -2.35. The number of carbonyl (C=O) groups excluding carboxylic acids is 3. The van der Waals surface area contributed by atoms with E-state index in [4.69, 9.17) is 0 Å². The van der Waals surface area contributed by atoms with E-state index in [1.54, 1.807) is 0 Å². The maximum atomic E-state index is 12.8. The molecule has 3 atom stereocenters. The number of nitrogens with zero attached hydrogens (tertiary/aromatic N) is 1. The lowest BCUT2D eigenvalue weighted by Crippen LogP contribution is -2.55. The molecule has 2 aliphatic heterocycles. The number of hydrogen-bond acceptors (Lipinski definition) is 3.